The molecule has 0 bridgehead atoms. The molecule has 4 heteroatoms. The van der Waals surface area contributed by atoms with Crippen molar-refractivity contribution in [2.45, 2.75) is 20.0 Å². The first-order valence-corrected chi connectivity index (χ1v) is 6.88. The van der Waals surface area contributed by atoms with E-state index in [-0.39, 0.29) is 5.91 Å². The second-order valence-electron chi connectivity index (χ2n) is 4.79. The van der Waals surface area contributed by atoms with Crippen LogP contribution in [0.3, 0.4) is 0 Å². The summed E-state index contributed by atoms with van der Waals surface area (Å²) in [6, 6.07) is 15.8. The summed E-state index contributed by atoms with van der Waals surface area (Å²) in [5, 5.41) is 6.14. The summed E-state index contributed by atoms with van der Waals surface area (Å²) < 4.78 is 5.32. The van der Waals surface area contributed by atoms with Crippen LogP contribution in [0.5, 0.6) is 5.75 Å². The highest BCUT2D eigenvalue weighted by Gasteiger charge is 2.01. The number of nitrogens with one attached hydrogen (secondary N) is 2. The first kappa shape index (κ1) is 15.1. The number of methoxy groups -OCH3 is 1. The molecule has 0 radical (unpaired) electrons. The van der Waals surface area contributed by atoms with Gasteiger partial charge in [-0.25, -0.2) is 0 Å². The van der Waals surface area contributed by atoms with E-state index in [2.05, 4.69) is 10.6 Å². The van der Waals surface area contributed by atoms with E-state index >= 15 is 0 Å². The molecule has 0 saturated heterocycles. The van der Waals surface area contributed by atoms with Crippen molar-refractivity contribution in [1.82, 2.24) is 5.32 Å². The molecule has 2 aromatic carbocycles. The molecule has 0 aliphatic rings. The third-order valence-electron chi connectivity index (χ3n) is 3.11. The topological polar surface area (TPSA) is 50.4 Å². The van der Waals surface area contributed by atoms with Crippen LogP contribution in [-0.2, 0) is 17.9 Å². The normalized spacial score (nSPS) is 10.2. The molecule has 0 aromatic heterocycles. The minimum atomic E-state index is -0.0583. The number of amides is 1. The zero-order valence-corrected chi connectivity index (χ0v) is 12.3. The van der Waals surface area contributed by atoms with Gasteiger partial charge in [-0.15, -0.1) is 0 Å². The Morgan fingerprint density at radius 1 is 1.05 bits per heavy atom. The highest BCUT2D eigenvalue weighted by molar-refractivity contribution is 5.88. The molecule has 1 amide bonds. The average Bonchev–Trinajstić information content (AvgIpc) is 2.49. The summed E-state index contributed by atoms with van der Waals surface area (Å²) in [4.78, 5) is 11.0. The van der Waals surface area contributed by atoms with Crippen molar-refractivity contribution in [2.24, 2.45) is 0 Å². The van der Waals surface area contributed by atoms with Crippen LogP contribution in [0.15, 0.2) is 48.5 Å². The lowest BCUT2D eigenvalue weighted by molar-refractivity contribution is -0.114. The van der Waals surface area contributed by atoms with Gasteiger partial charge in [0, 0.05) is 31.3 Å². The lowest BCUT2D eigenvalue weighted by Gasteiger charge is -2.10. The highest BCUT2D eigenvalue weighted by atomic mass is 16.5. The fourth-order valence-electron chi connectivity index (χ4n) is 2.10. The molecule has 0 unspecified atom stereocenters. The van der Waals surface area contributed by atoms with Gasteiger partial charge in [-0.05, 0) is 23.8 Å². The third-order valence-corrected chi connectivity index (χ3v) is 3.11. The molecule has 0 spiro atoms. The predicted molar refractivity (Wildman–Crippen MR) is 84.3 cm³/mol. The van der Waals surface area contributed by atoms with E-state index in [1.807, 2.05) is 48.5 Å². The first-order chi connectivity index (χ1) is 10.2. The SMILES string of the molecule is COc1ccccc1CNCc1ccc(NC(C)=O)cc1. The Kier molecular flexibility index (Phi) is 5.35. The zero-order valence-electron chi connectivity index (χ0n) is 12.3. The largest absolute Gasteiger partial charge is 0.496 e. The predicted octanol–water partition coefficient (Wildman–Crippen LogP) is 2.94. The Morgan fingerprint density at radius 3 is 2.43 bits per heavy atom. The van der Waals surface area contributed by atoms with E-state index in [1.165, 1.54) is 12.5 Å². The number of para-hydroxylation sites is 1. The standard InChI is InChI=1S/C17H20N2O2/c1-13(20)19-16-9-7-14(8-10-16)11-18-12-15-5-3-4-6-17(15)21-2/h3-10,18H,11-12H2,1-2H3,(H,19,20). The van der Waals surface area contributed by atoms with Crippen molar-refractivity contribution in [3.05, 3.63) is 59.7 Å². The number of ether oxygens (including phenoxy) is 1. The van der Waals surface area contributed by atoms with Crippen LogP contribution in [0.4, 0.5) is 5.69 Å². The van der Waals surface area contributed by atoms with Crippen LogP contribution < -0.4 is 15.4 Å². The summed E-state index contributed by atoms with van der Waals surface area (Å²) in [6.45, 7) is 3.01. The maximum absolute atomic E-state index is 11.0. The molecule has 0 atom stereocenters. The van der Waals surface area contributed by atoms with E-state index in [0.29, 0.717) is 0 Å². The number of carbonyl (C=O) groups excluding carboxylic acids is 1. The van der Waals surface area contributed by atoms with Gasteiger partial charge in [0.05, 0.1) is 7.11 Å². The van der Waals surface area contributed by atoms with Gasteiger partial charge in [-0.1, -0.05) is 30.3 Å². The number of benzene rings is 2. The second-order valence-corrected chi connectivity index (χ2v) is 4.79. The van der Waals surface area contributed by atoms with Crippen LogP contribution in [0.25, 0.3) is 0 Å². The molecule has 0 saturated carbocycles. The van der Waals surface area contributed by atoms with Crippen molar-refractivity contribution in [3.63, 3.8) is 0 Å². The molecule has 4 nitrogen and oxygen atoms in total. The van der Waals surface area contributed by atoms with Crippen molar-refractivity contribution in [3.8, 4) is 5.75 Å². The Labute approximate surface area is 125 Å². The maximum Gasteiger partial charge on any atom is 0.221 e. The molecule has 110 valence electrons. The molecule has 0 heterocycles. The minimum absolute atomic E-state index is 0.0583. The Morgan fingerprint density at radius 2 is 1.76 bits per heavy atom. The third kappa shape index (κ3) is 4.61. The van der Waals surface area contributed by atoms with E-state index in [0.717, 1.165) is 30.1 Å². The minimum Gasteiger partial charge on any atom is -0.496 e. The van der Waals surface area contributed by atoms with Gasteiger partial charge < -0.3 is 15.4 Å². The van der Waals surface area contributed by atoms with E-state index in [9.17, 15) is 4.79 Å². The van der Waals surface area contributed by atoms with Gasteiger partial charge in [0.1, 0.15) is 5.75 Å². The smallest absolute Gasteiger partial charge is 0.221 e. The molecular formula is C17H20N2O2. The second kappa shape index (κ2) is 7.45. The van der Waals surface area contributed by atoms with Crippen LogP contribution in [0, 0.1) is 0 Å². The van der Waals surface area contributed by atoms with Crippen molar-refractivity contribution >= 4 is 11.6 Å². The molecule has 0 fully saturated rings. The van der Waals surface area contributed by atoms with Crippen LogP contribution >= 0.6 is 0 Å². The molecule has 2 rings (SSSR count). The van der Waals surface area contributed by atoms with Crippen LogP contribution in [0.1, 0.15) is 18.1 Å². The first-order valence-electron chi connectivity index (χ1n) is 6.88. The van der Waals surface area contributed by atoms with Crippen molar-refractivity contribution < 1.29 is 9.53 Å². The lowest BCUT2D eigenvalue weighted by atomic mass is 10.1. The molecule has 2 aromatic rings. The monoisotopic (exact) mass is 284 g/mol. The van der Waals surface area contributed by atoms with Crippen molar-refractivity contribution in [2.75, 3.05) is 12.4 Å². The number of carbonyl (C=O) groups is 1. The summed E-state index contributed by atoms with van der Waals surface area (Å²) in [7, 11) is 1.68. The van der Waals surface area contributed by atoms with E-state index < -0.39 is 0 Å². The highest BCUT2D eigenvalue weighted by Crippen LogP contribution is 2.17. The summed E-state index contributed by atoms with van der Waals surface area (Å²) >= 11 is 0. The number of rotatable bonds is 6. The number of hydrogen-bond acceptors (Lipinski definition) is 3. The van der Waals surface area contributed by atoms with Crippen LogP contribution in [-0.4, -0.2) is 13.0 Å². The van der Waals surface area contributed by atoms with Gasteiger partial charge in [0.15, 0.2) is 0 Å². The molecule has 0 aliphatic heterocycles. The van der Waals surface area contributed by atoms with Gasteiger partial charge in [-0.3, -0.25) is 4.79 Å². The maximum atomic E-state index is 11.0. The lowest BCUT2D eigenvalue weighted by Crippen LogP contribution is -2.13. The molecule has 2 N–H and O–H groups in total. The number of anilines is 1. The molecule has 0 aliphatic carbocycles. The molecule has 21 heavy (non-hydrogen) atoms. The summed E-state index contributed by atoms with van der Waals surface area (Å²) in [5.74, 6) is 0.836. The molecular weight excluding hydrogens is 264 g/mol. The Balaban J connectivity index is 1.87. The summed E-state index contributed by atoms with van der Waals surface area (Å²) in [5.41, 5.74) is 3.12. The fourth-order valence-corrected chi connectivity index (χ4v) is 2.10. The van der Waals surface area contributed by atoms with E-state index in [1.54, 1.807) is 7.11 Å². The van der Waals surface area contributed by atoms with Gasteiger partial charge in [-0.2, -0.15) is 0 Å². The van der Waals surface area contributed by atoms with E-state index in [4.69, 9.17) is 4.74 Å². The summed E-state index contributed by atoms with van der Waals surface area (Å²) in [6.07, 6.45) is 0. The average molecular weight is 284 g/mol. The Hall–Kier alpha value is -2.33. The van der Waals surface area contributed by atoms with Gasteiger partial charge >= 0.3 is 0 Å². The fraction of sp³-hybridized carbons (Fsp3) is 0.235. The quantitative estimate of drug-likeness (QED) is 0.857. The van der Waals surface area contributed by atoms with Crippen molar-refractivity contribution in [1.29, 1.82) is 0 Å². The van der Waals surface area contributed by atoms with Crippen LogP contribution in [0.2, 0.25) is 0 Å². The van der Waals surface area contributed by atoms with Gasteiger partial charge in [0.25, 0.3) is 0 Å². The zero-order chi connectivity index (χ0) is 15.1. The van der Waals surface area contributed by atoms with Gasteiger partial charge in [0.2, 0.25) is 5.91 Å². The number of hydrogen-bond donors (Lipinski definition) is 2. The Bertz CT molecular complexity index is 594.